The standard InChI is InChI=1S/C37H58O10/c1-19(38)44-28-26-27(33(7)14-16-37(46-26,47-33)31(4,5)42)32(6)13-15-36-18-35(36)12-11-23(45-29-25(41)24(40)20(39)17-43-29)30(2,3)21(35)9-10-22(36)34(28,32)8/h20-29,39-42H,9-18H2,1-8H3/t20-,21-,22-,23+,24+,25-,26-,27+,28+,29+,32-,33+,34-,35-,36+,37+/m1/s1. The molecular formula is C37H58O10. The van der Waals surface area contributed by atoms with Gasteiger partial charge >= 0.3 is 5.97 Å². The first-order valence-electron chi connectivity index (χ1n) is 18.3. The van der Waals surface area contributed by atoms with Crippen LogP contribution >= 0.6 is 0 Å². The average molecular weight is 663 g/mol. The van der Waals surface area contributed by atoms with Gasteiger partial charge in [0.1, 0.15) is 36.1 Å². The zero-order valence-corrected chi connectivity index (χ0v) is 29.6. The smallest absolute Gasteiger partial charge is 0.303 e. The third-order valence-electron chi connectivity index (χ3n) is 16.4. The minimum absolute atomic E-state index is 0.0310. The van der Waals surface area contributed by atoms with Crippen LogP contribution in [0, 0.1) is 44.8 Å². The summed E-state index contributed by atoms with van der Waals surface area (Å²) >= 11 is 0. The van der Waals surface area contributed by atoms with Gasteiger partial charge in [-0.3, -0.25) is 4.79 Å². The lowest BCUT2D eigenvalue weighted by Crippen LogP contribution is -2.63. The van der Waals surface area contributed by atoms with Crippen molar-refractivity contribution in [3.05, 3.63) is 0 Å². The van der Waals surface area contributed by atoms with Crippen molar-refractivity contribution in [1.82, 2.24) is 0 Å². The van der Waals surface area contributed by atoms with E-state index in [0.717, 1.165) is 51.4 Å². The van der Waals surface area contributed by atoms with Crippen molar-refractivity contribution in [3.63, 3.8) is 0 Å². The molecule has 0 unspecified atom stereocenters. The molecule has 5 aliphatic carbocycles. The quantitative estimate of drug-likeness (QED) is 0.259. The number of hydrogen-bond donors (Lipinski definition) is 4. The number of carbonyl (C=O) groups excluding carboxylic acids is 1. The van der Waals surface area contributed by atoms with Crippen LogP contribution in [0.2, 0.25) is 0 Å². The molecule has 8 rings (SSSR count). The van der Waals surface area contributed by atoms with Crippen LogP contribution in [0.1, 0.15) is 113 Å². The zero-order chi connectivity index (χ0) is 34.0. The van der Waals surface area contributed by atoms with E-state index in [1.54, 1.807) is 13.8 Å². The summed E-state index contributed by atoms with van der Waals surface area (Å²) in [6, 6.07) is 0. The molecule has 0 radical (unpaired) electrons. The van der Waals surface area contributed by atoms with E-state index in [1.807, 2.05) is 0 Å². The highest BCUT2D eigenvalue weighted by molar-refractivity contribution is 5.66. The van der Waals surface area contributed by atoms with Gasteiger partial charge in [-0.05, 0) is 106 Å². The Morgan fingerprint density at radius 3 is 2.23 bits per heavy atom. The highest BCUT2D eigenvalue weighted by Gasteiger charge is 2.87. The zero-order valence-electron chi connectivity index (χ0n) is 29.6. The number of carbonyl (C=O) groups is 1. The van der Waals surface area contributed by atoms with Crippen LogP contribution < -0.4 is 0 Å². The molecule has 3 saturated heterocycles. The Bertz CT molecular complexity index is 1330. The van der Waals surface area contributed by atoms with Crippen LogP contribution in [0.4, 0.5) is 0 Å². The number of aliphatic hydroxyl groups is 4. The molecule has 10 heteroatoms. The molecule has 266 valence electrons. The largest absolute Gasteiger partial charge is 0.459 e. The normalized spacial score (nSPS) is 58.8. The van der Waals surface area contributed by atoms with E-state index < -0.39 is 47.7 Å². The fourth-order valence-electron chi connectivity index (χ4n) is 14.2. The summed E-state index contributed by atoms with van der Waals surface area (Å²) in [5, 5.41) is 42.3. The molecule has 10 nitrogen and oxygen atoms in total. The van der Waals surface area contributed by atoms with Crippen LogP contribution in [0.5, 0.6) is 0 Å². The van der Waals surface area contributed by atoms with Crippen LogP contribution in [0.3, 0.4) is 0 Å². The minimum Gasteiger partial charge on any atom is -0.459 e. The SMILES string of the molecule is CC(=O)O[C@H]1[C@@H]2O[C@@]3(C(C)(C)O)CC[C@](C)(O3)[C@@H]2[C@@]2(C)CC[C@@]34C[C@@]35CC[C@H](O[C@@H]3OC[C@@H](O)[C@H](O)[C@H]3O)C(C)(C)[C@H]5CC[C@@H]4[C@]12C. The Morgan fingerprint density at radius 2 is 1.55 bits per heavy atom. The monoisotopic (exact) mass is 662 g/mol. The van der Waals surface area contributed by atoms with E-state index in [2.05, 4.69) is 34.6 Å². The lowest BCUT2D eigenvalue weighted by atomic mass is 9.41. The van der Waals surface area contributed by atoms with Crippen molar-refractivity contribution in [2.75, 3.05) is 6.61 Å². The number of esters is 1. The predicted molar refractivity (Wildman–Crippen MR) is 168 cm³/mol. The maximum absolute atomic E-state index is 12.9. The number of hydrogen-bond acceptors (Lipinski definition) is 10. The number of aliphatic hydroxyl groups excluding tert-OH is 3. The van der Waals surface area contributed by atoms with Gasteiger partial charge in [0, 0.05) is 24.7 Å². The van der Waals surface area contributed by atoms with Gasteiger partial charge in [-0.25, -0.2) is 0 Å². The summed E-state index contributed by atoms with van der Waals surface area (Å²) in [4.78, 5) is 12.9. The molecule has 3 aliphatic heterocycles. The Hall–Kier alpha value is -0.850. The fourth-order valence-corrected chi connectivity index (χ4v) is 14.2. The summed E-state index contributed by atoms with van der Waals surface area (Å²) in [5.74, 6) is -0.632. The molecule has 5 saturated carbocycles. The third-order valence-corrected chi connectivity index (χ3v) is 16.4. The van der Waals surface area contributed by atoms with Gasteiger partial charge < -0.3 is 44.1 Å². The van der Waals surface area contributed by atoms with Crippen molar-refractivity contribution < 1.29 is 48.9 Å². The second kappa shape index (κ2) is 9.72. The van der Waals surface area contributed by atoms with Crippen molar-refractivity contribution in [2.45, 2.75) is 173 Å². The molecule has 8 aliphatic rings. The summed E-state index contributed by atoms with van der Waals surface area (Å²) in [6.45, 7) is 16.6. The van der Waals surface area contributed by atoms with Crippen molar-refractivity contribution in [3.8, 4) is 0 Å². The van der Waals surface area contributed by atoms with E-state index in [4.69, 9.17) is 23.7 Å². The average Bonchev–Trinajstić information content (AvgIpc) is 3.49. The Balaban J connectivity index is 1.13. The van der Waals surface area contributed by atoms with Crippen LogP contribution in [-0.2, 0) is 28.5 Å². The minimum atomic E-state index is -1.30. The van der Waals surface area contributed by atoms with Gasteiger partial charge in [-0.15, -0.1) is 0 Å². The molecule has 47 heavy (non-hydrogen) atoms. The molecule has 2 spiro atoms. The third kappa shape index (κ3) is 3.88. The van der Waals surface area contributed by atoms with Gasteiger partial charge in [0.05, 0.1) is 18.3 Å². The van der Waals surface area contributed by atoms with Crippen LogP contribution in [0.15, 0.2) is 0 Å². The molecular weight excluding hydrogens is 604 g/mol. The second-order valence-electron chi connectivity index (χ2n) is 18.9. The summed E-state index contributed by atoms with van der Waals surface area (Å²) in [6.07, 6.45) is 2.97. The van der Waals surface area contributed by atoms with Crippen molar-refractivity contribution >= 4 is 5.97 Å². The summed E-state index contributed by atoms with van der Waals surface area (Å²) in [7, 11) is 0. The van der Waals surface area contributed by atoms with Crippen LogP contribution in [0.25, 0.3) is 0 Å². The Morgan fingerprint density at radius 1 is 0.872 bits per heavy atom. The van der Waals surface area contributed by atoms with Gasteiger partial charge in [0.15, 0.2) is 12.1 Å². The second-order valence-corrected chi connectivity index (χ2v) is 18.9. The first kappa shape index (κ1) is 33.3. The van der Waals surface area contributed by atoms with Gasteiger partial charge in [0.2, 0.25) is 0 Å². The molecule has 4 N–H and O–H groups in total. The first-order chi connectivity index (χ1) is 21.7. The van der Waals surface area contributed by atoms with Gasteiger partial charge in [-0.1, -0.05) is 27.7 Å². The van der Waals surface area contributed by atoms with Crippen molar-refractivity contribution in [1.29, 1.82) is 0 Å². The van der Waals surface area contributed by atoms with E-state index in [-0.39, 0.29) is 57.8 Å². The molecule has 0 aromatic rings. The van der Waals surface area contributed by atoms with Gasteiger partial charge in [0.25, 0.3) is 0 Å². The topological polar surface area (TPSA) is 144 Å². The number of fused-ring (bicyclic) bond motifs is 7. The molecule has 3 heterocycles. The molecule has 0 aromatic carbocycles. The lowest BCUT2D eigenvalue weighted by Gasteiger charge is -2.64. The van der Waals surface area contributed by atoms with E-state index in [9.17, 15) is 25.2 Å². The van der Waals surface area contributed by atoms with E-state index in [0.29, 0.717) is 18.3 Å². The van der Waals surface area contributed by atoms with Crippen molar-refractivity contribution in [2.24, 2.45) is 44.8 Å². The molecule has 0 aromatic heterocycles. The Kier molecular flexibility index (Phi) is 6.89. The summed E-state index contributed by atoms with van der Waals surface area (Å²) < 4.78 is 32.5. The highest BCUT2D eigenvalue weighted by atomic mass is 16.7. The Labute approximate surface area is 279 Å². The molecule has 0 amide bonds. The first-order valence-corrected chi connectivity index (χ1v) is 18.3. The van der Waals surface area contributed by atoms with E-state index in [1.165, 1.54) is 6.92 Å². The van der Waals surface area contributed by atoms with Gasteiger partial charge in [-0.2, -0.15) is 0 Å². The fraction of sp³-hybridized carbons (Fsp3) is 0.973. The van der Waals surface area contributed by atoms with Crippen LogP contribution in [-0.4, -0.2) is 92.9 Å². The highest BCUT2D eigenvalue weighted by Crippen LogP contribution is 2.90. The predicted octanol–water partition coefficient (Wildman–Crippen LogP) is 3.84. The molecule has 2 bridgehead atoms. The maximum Gasteiger partial charge on any atom is 0.303 e. The maximum atomic E-state index is 12.9. The molecule has 16 atom stereocenters. The molecule has 8 fully saturated rings. The number of rotatable bonds is 4. The number of ether oxygens (including phenoxy) is 5. The summed E-state index contributed by atoms with van der Waals surface area (Å²) in [5.41, 5.74) is -2.14. The van der Waals surface area contributed by atoms with E-state index >= 15 is 0 Å². The lowest BCUT2D eigenvalue weighted by molar-refractivity contribution is -0.388.